The molecule has 8 heteroatoms. The second-order valence-corrected chi connectivity index (χ2v) is 5.39. The largest absolute Gasteiger partial charge is 0.333 e. The van der Waals surface area contributed by atoms with Crippen molar-refractivity contribution in [1.29, 1.82) is 0 Å². The molecule has 0 aliphatic rings. The first kappa shape index (κ1) is 14.6. The third-order valence-electron chi connectivity index (χ3n) is 2.86. The zero-order valence-electron chi connectivity index (χ0n) is 11.5. The lowest BCUT2D eigenvalue weighted by molar-refractivity contribution is -0.117. The van der Waals surface area contributed by atoms with E-state index in [2.05, 4.69) is 20.5 Å². The second kappa shape index (κ2) is 6.58. The maximum Gasteiger partial charge on any atom is 0.242 e. The molecule has 7 nitrogen and oxygen atoms in total. The van der Waals surface area contributed by atoms with E-state index in [1.807, 2.05) is 24.1 Å². The minimum absolute atomic E-state index is 0.225. The number of aromatic amines is 1. The van der Waals surface area contributed by atoms with Crippen LogP contribution < -0.4 is 11.1 Å². The van der Waals surface area contributed by atoms with Crippen LogP contribution in [0.4, 0.5) is 5.82 Å². The van der Waals surface area contributed by atoms with Gasteiger partial charge in [-0.3, -0.25) is 9.89 Å². The normalized spacial score (nSPS) is 12.3. The van der Waals surface area contributed by atoms with E-state index in [9.17, 15) is 4.79 Å². The number of nitrogens with one attached hydrogen (secondary N) is 2. The monoisotopic (exact) mass is 294 g/mol. The summed E-state index contributed by atoms with van der Waals surface area (Å²) in [5.41, 5.74) is 6.54. The number of H-pyrrole nitrogens is 1. The van der Waals surface area contributed by atoms with E-state index in [-0.39, 0.29) is 5.91 Å². The minimum Gasteiger partial charge on any atom is -0.333 e. The molecule has 20 heavy (non-hydrogen) atoms. The maximum absolute atomic E-state index is 11.9. The van der Waals surface area contributed by atoms with Crippen molar-refractivity contribution >= 4 is 23.5 Å². The van der Waals surface area contributed by atoms with Crippen molar-refractivity contribution in [2.45, 2.75) is 12.5 Å². The van der Waals surface area contributed by atoms with Gasteiger partial charge in [0.05, 0.1) is 6.04 Å². The van der Waals surface area contributed by atoms with Crippen LogP contribution in [0.5, 0.6) is 0 Å². The van der Waals surface area contributed by atoms with Crippen LogP contribution in [0, 0.1) is 0 Å². The predicted molar refractivity (Wildman–Crippen MR) is 80.4 cm³/mol. The van der Waals surface area contributed by atoms with E-state index in [4.69, 9.17) is 5.73 Å². The average molecular weight is 294 g/mol. The fourth-order valence-electron chi connectivity index (χ4n) is 1.72. The smallest absolute Gasteiger partial charge is 0.242 e. The molecule has 0 aromatic carbocycles. The van der Waals surface area contributed by atoms with E-state index in [0.29, 0.717) is 12.2 Å². The number of thioether (sulfide) groups is 1. The minimum atomic E-state index is -0.518. The summed E-state index contributed by atoms with van der Waals surface area (Å²) in [6, 6.07) is 1.22. The van der Waals surface area contributed by atoms with E-state index in [1.165, 1.54) is 0 Å². The highest BCUT2D eigenvalue weighted by Gasteiger charge is 2.15. The second-order valence-electron chi connectivity index (χ2n) is 4.41. The Hall–Kier alpha value is -1.80. The highest BCUT2D eigenvalue weighted by molar-refractivity contribution is 7.98. The van der Waals surface area contributed by atoms with Crippen molar-refractivity contribution in [3.05, 3.63) is 18.5 Å². The van der Waals surface area contributed by atoms with Crippen LogP contribution in [0.25, 0.3) is 11.5 Å². The molecular formula is C12H18N6OS. The number of rotatable bonds is 6. The van der Waals surface area contributed by atoms with Gasteiger partial charge in [0.2, 0.25) is 5.91 Å². The maximum atomic E-state index is 11.9. The van der Waals surface area contributed by atoms with Gasteiger partial charge in [-0.25, -0.2) is 4.98 Å². The Balaban J connectivity index is 2.00. The summed E-state index contributed by atoms with van der Waals surface area (Å²) < 4.78 is 1.86. The summed E-state index contributed by atoms with van der Waals surface area (Å²) in [6.45, 7) is 0. The molecule has 0 radical (unpaired) electrons. The summed E-state index contributed by atoms with van der Waals surface area (Å²) in [4.78, 5) is 16.1. The Morgan fingerprint density at radius 1 is 1.65 bits per heavy atom. The zero-order valence-corrected chi connectivity index (χ0v) is 12.3. The summed E-state index contributed by atoms with van der Waals surface area (Å²) in [5, 5.41) is 9.59. The molecule has 0 aliphatic carbocycles. The molecule has 2 rings (SSSR count). The van der Waals surface area contributed by atoms with Crippen molar-refractivity contribution in [3.63, 3.8) is 0 Å². The van der Waals surface area contributed by atoms with Crippen LogP contribution in [0.1, 0.15) is 6.42 Å². The molecule has 1 atom stereocenters. The molecule has 1 unspecified atom stereocenters. The standard InChI is InChI=1S/C12H18N6OS/c1-18-5-4-14-11(18)9-7-10(17-16-9)15-12(19)8(13)3-6-20-2/h4-5,7-8H,3,6,13H2,1-2H3,(H2,15,16,17,19). The lowest BCUT2D eigenvalue weighted by atomic mass is 10.2. The molecule has 108 valence electrons. The predicted octanol–water partition coefficient (Wildman–Crippen LogP) is 0.829. The van der Waals surface area contributed by atoms with Crippen molar-refractivity contribution in [2.75, 3.05) is 17.3 Å². The molecule has 0 saturated heterocycles. The highest BCUT2D eigenvalue weighted by atomic mass is 32.2. The van der Waals surface area contributed by atoms with Gasteiger partial charge in [-0.2, -0.15) is 16.9 Å². The van der Waals surface area contributed by atoms with Gasteiger partial charge in [-0.05, 0) is 18.4 Å². The molecule has 1 amide bonds. The Bertz CT molecular complexity index is 578. The number of aromatic nitrogens is 4. The first-order chi connectivity index (χ1) is 9.61. The number of carbonyl (C=O) groups excluding carboxylic acids is 1. The molecule has 0 aliphatic heterocycles. The van der Waals surface area contributed by atoms with Crippen LogP contribution in [0.15, 0.2) is 18.5 Å². The SMILES string of the molecule is CSCCC(N)C(=O)Nc1cc(-c2nccn2C)[nH]n1. The summed E-state index contributed by atoms with van der Waals surface area (Å²) in [5.74, 6) is 1.84. The van der Waals surface area contributed by atoms with E-state index < -0.39 is 6.04 Å². The van der Waals surface area contributed by atoms with E-state index in [1.54, 1.807) is 24.0 Å². The Kier molecular flexibility index (Phi) is 4.80. The average Bonchev–Trinajstić information content (AvgIpc) is 3.04. The molecule has 0 fully saturated rings. The summed E-state index contributed by atoms with van der Waals surface area (Å²) in [7, 11) is 1.89. The molecule has 2 aromatic heterocycles. The zero-order chi connectivity index (χ0) is 14.5. The first-order valence-electron chi connectivity index (χ1n) is 6.20. The van der Waals surface area contributed by atoms with Crippen LogP contribution >= 0.6 is 11.8 Å². The van der Waals surface area contributed by atoms with Crippen LogP contribution in [-0.2, 0) is 11.8 Å². The van der Waals surface area contributed by atoms with E-state index in [0.717, 1.165) is 17.3 Å². The number of hydrogen-bond acceptors (Lipinski definition) is 5. The number of anilines is 1. The fraction of sp³-hybridized carbons (Fsp3) is 0.417. The van der Waals surface area contributed by atoms with Gasteiger partial charge in [0.25, 0.3) is 0 Å². The molecule has 4 N–H and O–H groups in total. The van der Waals surface area contributed by atoms with Gasteiger partial charge in [0.1, 0.15) is 5.69 Å². The topological polar surface area (TPSA) is 102 Å². The molecule has 0 spiro atoms. The van der Waals surface area contributed by atoms with Crippen molar-refractivity contribution < 1.29 is 4.79 Å². The number of amides is 1. The molecular weight excluding hydrogens is 276 g/mol. The number of carbonyl (C=O) groups is 1. The molecule has 0 saturated carbocycles. The Labute approximate surface area is 121 Å². The van der Waals surface area contributed by atoms with Crippen molar-refractivity contribution in [1.82, 2.24) is 19.7 Å². The van der Waals surface area contributed by atoms with Gasteiger partial charge < -0.3 is 15.6 Å². The lowest BCUT2D eigenvalue weighted by Crippen LogP contribution is -2.36. The Morgan fingerprint density at radius 2 is 2.45 bits per heavy atom. The van der Waals surface area contributed by atoms with Gasteiger partial charge in [-0.1, -0.05) is 0 Å². The fourth-order valence-corrected chi connectivity index (χ4v) is 2.21. The Morgan fingerprint density at radius 3 is 3.10 bits per heavy atom. The van der Waals surface area contributed by atoms with Crippen molar-refractivity contribution in [3.8, 4) is 11.5 Å². The third-order valence-corrected chi connectivity index (χ3v) is 3.50. The quantitative estimate of drug-likeness (QED) is 0.732. The summed E-state index contributed by atoms with van der Waals surface area (Å²) >= 11 is 1.66. The van der Waals surface area contributed by atoms with Gasteiger partial charge >= 0.3 is 0 Å². The number of aryl methyl sites for hydroxylation is 1. The summed E-state index contributed by atoms with van der Waals surface area (Å²) in [6.07, 6.45) is 6.17. The first-order valence-corrected chi connectivity index (χ1v) is 7.59. The highest BCUT2D eigenvalue weighted by Crippen LogP contribution is 2.17. The third kappa shape index (κ3) is 3.40. The van der Waals surface area contributed by atoms with Gasteiger partial charge in [-0.15, -0.1) is 0 Å². The van der Waals surface area contributed by atoms with Crippen LogP contribution in [0.2, 0.25) is 0 Å². The van der Waals surface area contributed by atoms with Crippen molar-refractivity contribution in [2.24, 2.45) is 12.8 Å². The van der Waals surface area contributed by atoms with Crippen LogP contribution in [-0.4, -0.2) is 43.7 Å². The van der Waals surface area contributed by atoms with Gasteiger partial charge in [0, 0.05) is 25.5 Å². The number of nitrogens with two attached hydrogens (primary N) is 1. The number of hydrogen-bond donors (Lipinski definition) is 3. The van der Waals surface area contributed by atoms with E-state index >= 15 is 0 Å². The molecule has 2 aromatic rings. The molecule has 2 heterocycles. The number of imidazole rings is 1. The molecule has 0 bridgehead atoms. The number of nitrogens with zero attached hydrogens (tertiary/aromatic N) is 3. The van der Waals surface area contributed by atoms with Crippen LogP contribution in [0.3, 0.4) is 0 Å². The van der Waals surface area contributed by atoms with Gasteiger partial charge in [0.15, 0.2) is 11.6 Å². The lowest BCUT2D eigenvalue weighted by Gasteiger charge is -2.09.